The van der Waals surface area contributed by atoms with Crippen LogP contribution in [0.2, 0.25) is 0 Å². The maximum atomic E-state index is 5.23. The van der Waals surface area contributed by atoms with Crippen LogP contribution < -0.4 is 5.32 Å². The van der Waals surface area contributed by atoms with Crippen molar-refractivity contribution in [2.45, 2.75) is 46.2 Å². The van der Waals surface area contributed by atoms with Gasteiger partial charge in [0.25, 0.3) is 0 Å². The van der Waals surface area contributed by atoms with Crippen molar-refractivity contribution >= 4 is 15.9 Å². The minimum absolute atomic E-state index is 0.242. The van der Waals surface area contributed by atoms with Gasteiger partial charge in [-0.3, -0.25) is 0 Å². The molecule has 2 atom stereocenters. The average Bonchev–Trinajstić information content (AvgIpc) is 2.72. The summed E-state index contributed by atoms with van der Waals surface area (Å²) in [5.41, 5.74) is 3.48. The van der Waals surface area contributed by atoms with Crippen molar-refractivity contribution in [2.75, 3.05) is 0 Å². The number of benzene rings is 1. The molecule has 1 aromatic heterocycles. The van der Waals surface area contributed by atoms with Crippen LogP contribution in [0, 0.1) is 13.8 Å². The fraction of sp³-hybridized carbons (Fsp3) is 0.438. The van der Waals surface area contributed by atoms with Gasteiger partial charge in [0.15, 0.2) is 0 Å². The fourth-order valence-electron chi connectivity index (χ4n) is 2.65. The lowest BCUT2D eigenvalue weighted by atomic mass is 10.0. The van der Waals surface area contributed by atoms with Crippen LogP contribution in [-0.2, 0) is 6.42 Å². The van der Waals surface area contributed by atoms with Crippen LogP contribution in [0.15, 0.2) is 33.3 Å². The molecule has 0 saturated carbocycles. The summed E-state index contributed by atoms with van der Waals surface area (Å²) in [7, 11) is 0. The predicted octanol–water partition coefficient (Wildman–Crippen LogP) is 4.34. The highest BCUT2D eigenvalue weighted by Gasteiger charge is 2.17. The van der Waals surface area contributed by atoms with Crippen molar-refractivity contribution in [3.8, 4) is 0 Å². The first-order valence-electron chi connectivity index (χ1n) is 6.90. The highest BCUT2D eigenvalue weighted by atomic mass is 79.9. The van der Waals surface area contributed by atoms with E-state index in [4.69, 9.17) is 4.52 Å². The third-order valence-corrected chi connectivity index (χ3v) is 4.04. The number of aromatic nitrogens is 1. The first-order chi connectivity index (χ1) is 9.47. The Hall–Kier alpha value is -1.13. The summed E-state index contributed by atoms with van der Waals surface area (Å²) in [5.74, 6) is 0.901. The van der Waals surface area contributed by atoms with Crippen LogP contribution in [0.1, 0.15) is 42.5 Å². The molecule has 0 aliphatic carbocycles. The van der Waals surface area contributed by atoms with E-state index < -0.39 is 0 Å². The summed E-state index contributed by atoms with van der Waals surface area (Å²) in [6.45, 7) is 8.32. The van der Waals surface area contributed by atoms with Crippen LogP contribution >= 0.6 is 15.9 Å². The number of nitrogens with one attached hydrogen (secondary N) is 1. The molecule has 0 bridgehead atoms. The maximum Gasteiger partial charge on any atom is 0.138 e. The normalized spacial score (nSPS) is 14.2. The number of halogens is 1. The Morgan fingerprint density at radius 1 is 1.20 bits per heavy atom. The second-order valence-electron chi connectivity index (χ2n) is 5.36. The van der Waals surface area contributed by atoms with Crippen molar-refractivity contribution < 1.29 is 4.52 Å². The van der Waals surface area contributed by atoms with Crippen molar-refractivity contribution in [1.82, 2.24) is 10.5 Å². The highest BCUT2D eigenvalue weighted by molar-refractivity contribution is 9.10. The Kier molecular flexibility index (Phi) is 5.00. The summed E-state index contributed by atoms with van der Waals surface area (Å²) in [5, 5.41) is 7.63. The molecule has 2 unspecified atom stereocenters. The van der Waals surface area contributed by atoms with E-state index >= 15 is 0 Å². The lowest BCUT2D eigenvalue weighted by molar-refractivity contribution is 0.389. The van der Waals surface area contributed by atoms with Gasteiger partial charge in [0.2, 0.25) is 0 Å². The van der Waals surface area contributed by atoms with Gasteiger partial charge >= 0.3 is 0 Å². The number of aryl methyl sites for hydroxylation is 2. The van der Waals surface area contributed by atoms with E-state index in [1.165, 1.54) is 11.1 Å². The monoisotopic (exact) mass is 336 g/mol. The molecule has 1 heterocycles. The molecule has 0 amide bonds. The smallest absolute Gasteiger partial charge is 0.138 e. The lowest BCUT2D eigenvalue weighted by Crippen LogP contribution is -2.31. The van der Waals surface area contributed by atoms with E-state index in [-0.39, 0.29) is 6.04 Å². The Labute approximate surface area is 128 Å². The Bertz CT molecular complexity index is 543. The molecule has 0 fully saturated rings. The third-order valence-electron chi connectivity index (χ3n) is 3.51. The van der Waals surface area contributed by atoms with E-state index in [0.717, 1.165) is 22.3 Å². The van der Waals surface area contributed by atoms with Crippen molar-refractivity contribution in [1.29, 1.82) is 0 Å². The van der Waals surface area contributed by atoms with E-state index in [0.29, 0.717) is 6.04 Å². The predicted molar refractivity (Wildman–Crippen MR) is 84.8 cm³/mol. The number of nitrogens with zero attached hydrogens (tertiary/aromatic N) is 1. The Morgan fingerprint density at radius 3 is 2.40 bits per heavy atom. The first-order valence-corrected chi connectivity index (χ1v) is 7.70. The van der Waals surface area contributed by atoms with Gasteiger partial charge in [0.1, 0.15) is 5.76 Å². The summed E-state index contributed by atoms with van der Waals surface area (Å²) < 4.78 is 6.35. The molecule has 0 aliphatic rings. The minimum Gasteiger partial charge on any atom is -0.361 e. The number of hydrogen-bond acceptors (Lipinski definition) is 3. The molecule has 0 saturated heterocycles. The standard InChI is InChI=1S/C16H21BrN2O/c1-10(9-14-5-7-15(17)8-6-14)18-11(2)16-12(3)19-20-13(16)4/h5-8,10-11,18H,9H2,1-4H3. The number of hydrogen-bond donors (Lipinski definition) is 1. The molecular weight excluding hydrogens is 316 g/mol. The zero-order valence-electron chi connectivity index (χ0n) is 12.4. The van der Waals surface area contributed by atoms with Gasteiger partial charge in [-0.1, -0.05) is 33.2 Å². The Balaban J connectivity index is 1.97. The summed E-state index contributed by atoms with van der Waals surface area (Å²) in [6, 6.07) is 9.11. The summed E-state index contributed by atoms with van der Waals surface area (Å²) in [4.78, 5) is 0. The third kappa shape index (κ3) is 3.70. The molecule has 20 heavy (non-hydrogen) atoms. The quantitative estimate of drug-likeness (QED) is 0.882. The molecule has 2 aromatic rings. The molecule has 0 spiro atoms. The molecule has 1 N–H and O–H groups in total. The molecule has 1 aromatic carbocycles. The average molecular weight is 337 g/mol. The molecule has 2 rings (SSSR count). The SMILES string of the molecule is Cc1noc(C)c1C(C)NC(C)Cc1ccc(Br)cc1. The first kappa shape index (κ1) is 15.3. The summed E-state index contributed by atoms with van der Waals surface area (Å²) >= 11 is 3.46. The molecular formula is C16H21BrN2O. The fourth-order valence-corrected chi connectivity index (χ4v) is 2.92. The van der Waals surface area contributed by atoms with Crippen molar-refractivity contribution in [3.63, 3.8) is 0 Å². The van der Waals surface area contributed by atoms with Crippen LogP contribution in [0.5, 0.6) is 0 Å². The van der Waals surface area contributed by atoms with Gasteiger partial charge in [-0.25, -0.2) is 0 Å². The molecule has 108 valence electrons. The van der Waals surface area contributed by atoms with Gasteiger partial charge in [0, 0.05) is 22.1 Å². The minimum atomic E-state index is 0.242. The maximum absolute atomic E-state index is 5.23. The molecule has 0 aliphatic heterocycles. The van der Waals surface area contributed by atoms with Gasteiger partial charge in [0.05, 0.1) is 5.69 Å². The van der Waals surface area contributed by atoms with E-state index in [9.17, 15) is 0 Å². The van der Waals surface area contributed by atoms with Crippen LogP contribution in [0.3, 0.4) is 0 Å². The summed E-state index contributed by atoms with van der Waals surface area (Å²) in [6.07, 6.45) is 1.00. The topological polar surface area (TPSA) is 38.1 Å². The highest BCUT2D eigenvalue weighted by Crippen LogP contribution is 2.22. The zero-order valence-corrected chi connectivity index (χ0v) is 14.0. The van der Waals surface area contributed by atoms with Gasteiger partial charge in [-0.15, -0.1) is 0 Å². The van der Waals surface area contributed by atoms with E-state index in [1.807, 2.05) is 13.8 Å². The Morgan fingerprint density at radius 2 is 1.85 bits per heavy atom. The molecule has 4 heteroatoms. The lowest BCUT2D eigenvalue weighted by Gasteiger charge is -2.20. The second-order valence-corrected chi connectivity index (χ2v) is 6.27. The second kappa shape index (κ2) is 6.55. The molecule has 0 radical (unpaired) electrons. The van der Waals surface area contributed by atoms with Gasteiger partial charge in [-0.05, 0) is 51.8 Å². The van der Waals surface area contributed by atoms with E-state index in [1.54, 1.807) is 0 Å². The van der Waals surface area contributed by atoms with Crippen LogP contribution in [0.25, 0.3) is 0 Å². The molecule has 3 nitrogen and oxygen atoms in total. The van der Waals surface area contributed by atoms with Crippen molar-refractivity contribution in [3.05, 3.63) is 51.3 Å². The zero-order chi connectivity index (χ0) is 14.7. The van der Waals surface area contributed by atoms with Gasteiger partial charge in [-0.2, -0.15) is 0 Å². The van der Waals surface area contributed by atoms with Crippen LogP contribution in [-0.4, -0.2) is 11.2 Å². The van der Waals surface area contributed by atoms with E-state index in [2.05, 4.69) is 64.5 Å². The van der Waals surface area contributed by atoms with Gasteiger partial charge < -0.3 is 9.84 Å². The van der Waals surface area contributed by atoms with Crippen molar-refractivity contribution in [2.24, 2.45) is 0 Å². The number of rotatable bonds is 5. The largest absolute Gasteiger partial charge is 0.361 e. The van der Waals surface area contributed by atoms with Crippen LogP contribution in [0.4, 0.5) is 0 Å².